The van der Waals surface area contributed by atoms with Crippen LogP contribution in [0.4, 0.5) is 0 Å². The predicted octanol–water partition coefficient (Wildman–Crippen LogP) is 10.2. The number of hydrogen-bond acceptors (Lipinski definition) is 17. The van der Waals surface area contributed by atoms with E-state index in [0.717, 1.165) is 107 Å². The number of aryl methyl sites for hydroxylation is 2. The van der Waals surface area contributed by atoms with E-state index in [2.05, 4.69) is 155 Å². The van der Waals surface area contributed by atoms with Crippen molar-refractivity contribution in [1.82, 2.24) is 70.2 Å². The Labute approximate surface area is 480 Å². The molecule has 0 fully saturated rings. The number of rotatable bonds is 16. The summed E-state index contributed by atoms with van der Waals surface area (Å²) in [7, 11) is 1.31. The van der Waals surface area contributed by atoms with Gasteiger partial charge < -0.3 is 30.2 Å². The van der Waals surface area contributed by atoms with Crippen LogP contribution in [-0.4, -0.2) is 96.3 Å². The number of allylic oxidation sites excluding steroid dienone is 2. The van der Waals surface area contributed by atoms with Gasteiger partial charge in [0.2, 0.25) is 5.82 Å². The van der Waals surface area contributed by atoms with E-state index < -0.39 is 5.97 Å². The third kappa shape index (κ3) is 24.9. The fourth-order valence-corrected chi connectivity index (χ4v) is 7.36. The zero-order valence-corrected chi connectivity index (χ0v) is 50.7. The number of nitrogens with zero attached hydrogens (tertiary/aromatic N) is 15. The first-order chi connectivity index (χ1) is 37.1. The Hall–Kier alpha value is -7.40. The molecule has 0 unspecified atom stereocenters. The monoisotopic (exact) mass is 1250 g/mol. The summed E-state index contributed by atoms with van der Waals surface area (Å²) in [6.45, 7) is 29.5. The molecule has 8 rings (SSSR count). The van der Waals surface area contributed by atoms with Crippen LogP contribution < -0.4 is 10.2 Å². The van der Waals surface area contributed by atoms with Gasteiger partial charge in [-0.2, -0.15) is 0 Å². The van der Waals surface area contributed by atoms with Crippen LogP contribution in [0.15, 0.2) is 91.2 Å². The van der Waals surface area contributed by atoms with E-state index in [1.165, 1.54) is 19.6 Å². The molecule has 7 aromatic rings. The SMILES string of the molecule is CC(=O)C=C(O)c1ncc(CC(C)C)cn1.CC1=NCC(c2ncc(CC(C)C)cn2)=C1.COC(=O)c1ncc(CC(C)C)cn1.Cc1cc(-c2ncc(CC(C)C)cn2)[n-]n1.Cc1cc(-c2ncc(CC(C)C)cn2)[n-]n1.[Pt+2]. The fourth-order valence-electron chi connectivity index (χ4n) is 7.36. The molecule has 1 aliphatic rings. The van der Waals surface area contributed by atoms with E-state index in [1.54, 1.807) is 24.8 Å². The normalized spacial score (nSPS) is 11.8. The average Bonchev–Trinajstić information content (AvgIpc) is 4.17. The molecule has 0 aromatic carbocycles. The molecule has 20 heteroatoms. The number of ketones is 1. The minimum Gasteiger partial charge on any atom is -0.572 e. The maximum absolute atomic E-state index is 11.0. The van der Waals surface area contributed by atoms with Crippen molar-refractivity contribution in [3.63, 3.8) is 0 Å². The molecule has 0 saturated carbocycles. The van der Waals surface area contributed by atoms with Crippen LogP contribution >= 0.6 is 0 Å². The predicted molar refractivity (Wildman–Crippen MR) is 304 cm³/mol. The Morgan fingerprint density at radius 3 is 1.11 bits per heavy atom. The molecule has 1 aliphatic heterocycles. The third-order valence-corrected chi connectivity index (χ3v) is 10.6. The Balaban J connectivity index is 0.000000259. The maximum Gasteiger partial charge on any atom is 2.00 e. The van der Waals surface area contributed by atoms with E-state index in [1.807, 2.05) is 70.1 Å². The second-order valence-electron chi connectivity index (χ2n) is 21.1. The minimum absolute atomic E-state index is 0. The van der Waals surface area contributed by atoms with Crippen LogP contribution in [0.2, 0.25) is 0 Å². The molecule has 0 saturated heterocycles. The van der Waals surface area contributed by atoms with Gasteiger partial charge in [-0.05, 0) is 123 Å². The van der Waals surface area contributed by atoms with Gasteiger partial charge in [0.05, 0.1) is 13.7 Å². The zero-order chi connectivity index (χ0) is 57.3. The summed E-state index contributed by atoms with van der Waals surface area (Å²) in [5.74, 6) is 4.46. The topological polar surface area (TPSA) is 259 Å². The molecule has 79 heavy (non-hydrogen) atoms. The van der Waals surface area contributed by atoms with E-state index in [0.29, 0.717) is 41.2 Å². The van der Waals surface area contributed by atoms with Crippen LogP contribution in [0.25, 0.3) is 34.4 Å². The zero-order valence-electron chi connectivity index (χ0n) is 48.4. The first-order valence-electron chi connectivity index (χ1n) is 26.3. The first-order valence-corrected chi connectivity index (χ1v) is 26.3. The summed E-state index contributed by atoms with van der Waals surface area (Å²) in [5.41, 5.74) is 11.0. The molecule has 19 nitrogen and oxygen atoms in total. The molecule has 0 aliphatic carbocycles. The molecule has 7 aromatic heterocycles. The van der Waals surface area contributed by atoms with E-state index in [4.69, 9.17) is 0 Å². The van der Waals surface area contributed by atoms with Gasteiger partial charge in [0, 0.05) is 90.7 Å². The molecular weight excluding hydrogens is 1180 g/mol. The van der Waals surface area contributed by atoms with Gasteiger partial charge in [-0.15, -0.1) is 0 Å². The van der Waals surface area contributed by atoms with E-state index in [9.17, 15) is 14.7 Å². The molecule has 0 atom stereocenters. The molecule has 0 amide bonds. The standard InChI is InChI=1S/C13H17N3.2C12H15N4.C12H16N2O2.C10H14N2O2.Pt/c1-9(2)4-11-6-15-13(16-7-11)12-5-10(3)14-8-12;2*1-8(2)4-10-6-13-12(14-7-10)11-5-9(3)15-16-11;1-8(2)4-10-6-13-12(14-7-10)11(16)5-9(3)15;1-7(2)4-8-5-11-9(12-6-8)10(13)14-3;/h5-7,9H,4,8H2,1-3H3;2*5-8H,4H2,1-3H3;5-8,16H,4H2,1-3H3;5-7H,4H2,1-3H3;/q;2*-1;;;+2. The van der Waals surface area contributed by atoms with Crippen molar-refractivity contribution >= 4 is 28.8 Å². The van der Waals surface area contributed by atoms with Gasteiger partial charge in [-0.3, -0.25) is 9.79 Å². The van der Waals surface area contributed by atoms with Crippen LogP contribution in [0.1, 0.15) is 145 Å². The number of aliphatic hydroxyl groups excluding tert-OH is 1. The van der Waals surface area contributed by atoms with Crippen molar-refractivity contribution in [1.29, 1.82) is 0 Å². The smallest absolute Gasteiger partial charge is 0.572 e. The molecule has 0 spiro atoms. The molecule has 8 heterocycles. The third-order valence-electron chi connectivity index (χ3n) is 10.6. The summed E-state index contributed by atoms with van der Waals surface area (Å²) in [5, 5.41) is 25.3. The van der Waals surface area contributed by atoms with E-state index in [-0.39, 0.29) is 44.3 Å². The minimum atomic E-state index is -0.499. The number of hydrogen-bond donors (Lipinski definition) is 1. The Morgan fingerprint density at radius 1 is 0.532 bits per heavy atom. The number of ether oxygens (including phenoxy) is 1. The largest absolute Gasteiger partial charge is 2.00 e. The van der Waals surface area contributed by atoms with E-state index >= 15 is 0 Å². The summed E-state index contributed by atoms with van der Waals surface area (Å²) < 4.78 is 4.49. The Morgan fingerprint density at radius 2 is 0.848 bits per heavy atom. The summed E-state index contributed by atoms with van der Waals surface area (Å²) in [4.78, 5) is 67.9. The summed E-state index contributed by atoms with van der Waals surface area (Å²) in [6.07, 6.45) is 26.0. The van der Waals surface area contributed by atoms with Gasteiger partial charge >= 0.3 is 27.0 Å². The van der Waals surface area contributed by atoms with Crippen molar-refractivity contribution in [2.75, 3.05) is 13.7 Å². The van der Waals surface area contributed by atoms with Crippen LogP contribution in [-0.2, 0) is 62.7 Å². The fraction of sp³-hybridized carbons (Fsp3) is 0.441. The van der Waals surface area contributed by atoms with Crippen molar-refractivity contribution in [3.8, 4) is 23.0 Å². The molecule has 1 N–H and O–H groups in total. The van der Waals surface area contributed by atoms with Crippen LogP contribution in [0.5, 0.6) is 0 Å². The van der Waals surface area contributed by atoms with Gasteiger partial charge in [-0.25, -0.2) is 54.6 Å². The number of aromatic nitrogens is 14. The first kappa shape index (κ1) is 65.9. The van der Waals surface area contributed by atoms with Gasteiger partial charge in [0.1, 0.15) is 11.6 Å². The second kappa shape index (κ2) is 33.8. The molecule has 0 bridgehead atoms. The number of aliphatic imine (C=N–C) groups is 1. The molecular formula is C59H77N15O4Pt. The Kier molecular flexibility index (Phi) is 28.2. The quantitative estimate of drug-likeness (QED) is 0.0536. The Bertz CT molecular complexity index is 2850. The summed E-state index contributed by atoms with van der Waals surface area (Å²) in [6, 6.07) is 3.77. The van der Waals surface area contributed by atoms with Gasteiger partial charge in [0.25, 0.3) is 0 Å². The van der Waals surface area contributed by atoms with Crippen molar-refractivity contribution in [2.45, 2.75) is 129 Å². The molecule has 0 radical (unpaired) electrons. The number of esters is 1. The van der Waals surface area contributed by atoms with Crippen LogP contribution in [0.3, 0.4) is 0 Å². The van der Waals surface area contributed by atoms with Crippen molar-refractivity contribution < 1.29 is 40.5 Å². The maximum atomic E-state index is 11.0. The van der Waals surface area contributed by atoms with Gasteiger partial charge in [0.15, 0.2) is 23.2 Å². The number of carbonyl (C=O) groups is 2. The average molecular weight is 1260 g/mol. The van der Waals surface area contributed by atoms with Gasteiger partial charge in [-0.1, -0.05) is 92.8 Å². The number of aliphatic hydroxyl groups is 1. The number of methoxy groups -OCH3 is 1. The molecule has 422 valence electrons. The second-order valence-corrected chi connectivity index (χ2v) is 21.1. The van der Waals surface area contributed by atoms with Crippen LogP contribution in [0, 0.1) is 43.4 Å². The summed E-state index contributed by atoms with van der Waals surface area (Å²) >= 11 is 0. The number of carbonyl (C=O) groups excluding carboxylic acids is 2. The van der Waals surface area contributed by atoms with Crippen molar-refractivity contribution in [2.24, 2.45) is 34.6 Å². The van der Waals surface area contributed by atoms with Crippen molar-refractivity contribution in [3.05, 3.63) is 143 Å².